The first-order chi connectivity index (χ1) is 10.3. The molecular weight excluding hydrogens is 266 g/mol. The first-order valence-electron chi connectivity index (χ1n) is 6.54. The van der Waals surface area contributed by atoms with Crippen molar-refractivity contribution in [1.29, 1.82) is 0 Å². The molecule has 0 bridgehead atoms. The monoisotopic (exact) mass is 281 g/mol. The zero-order valence-corrected chi connectivity index (χ0v) is 11.9. The van der Waals surface area contributed by atoms with Crippen molar-refractivity contribution in [2.45, 2.75) is 0 Å². The predicted octanol–water partition coefficient (Wildman–Crippen LogP) is 4.03. The van der Waals surface area contributed by atoms with Gasteiger partial charge in [0.05, 0.1) is 14.2 Å². The van der Waals surface area contributed by atoms with Crippen LogP contribution in [0.5, 0.6) is 11.5 Å². The van der Waals surface area contributed by atoms with Gasteiger partial charge in [0.25, 0.3) is 0 Å². The first-order valence-corrected chi connectivity index (χ1v) is 6.54. The van der Waals surface area contributed by atoms with E-state index in [1.807, 2.05) is 48.5 Å². The number of ether oxygens (including phenoxy) is 2. The fourth-order valence-corrected chi connectivity index (χ4v) is 2.15. The molecule has 1 heterocycles. The number of nitrogens with zero attached hydrogens (tertiary/aromatic N) is 1. The summed E-state index contributed by atoms with van der Waals surface area (Å²) < 4.78 is 15.9. The lowest BCUT2D eigenvalue weighted by Gasteiger charge is -2.04. The average molecular weight is 281 g/mol. The van der Waals surface area contributed by atoms with Crippen LogP contribution in [0.1, 0.15) is 0 Å². The van der Waals surface area contributed by atoms with Crippen LogP contribution in [0.15, 0.2) is 59.3 Å². The summed E-state index contributed by atoms with van der Waals surface area (Å²) in [4.78, 5) is 4.32. The van der Waals surface area contributed by atoms with Gasteiger partial charge in [0.2, 0.25) is 0 Å². The molecule has 3 aromatic rings. The smallest absolute Gasteiger partial charge is 0.182 e. The minimum absolute atomic E-state index is 0.739. The van der Waals surface area contributed by atoms with Gasteiger partial charge in [0.1, 0.15) is 17.2 Å². The molecule has 0 N–H and O–H groups in total. The van der Waals surface area contributed by atoms with E-state index in [0.717, 1.165) is 34.1 Å². The molecule has 0 aliphatic rings. The minimum atomic E-state index is 0.739. The van der Waals surface area contributed by atoms with Crippen LogP contribution in [-0.2, 0) is 0 Å². The summed E-state index contributed by atoms with van der Waals surface area (Å²) >= 11 is 0. The van der Waals surface area contributed by atoms with E-state index in [2.05, 4.69) is 4.98 Å². The molecular formula is C17H15NO3. The number of oxazole rings is 1. The summed E-state index contributed by atoms with van der Waals surface area (Å²) in [5.74, 6) is 2.36. The van der Waals surface area contributed by atoms with E-state index in [0.29, 0.717) is 0 Å². The van der Waals surface area contributed by atoms with E-state index < -0.39 is 0 Å². The Hall–Kier alpha value is -2.75. The molecule has 21 heavy (non-hydrogen) atoms. The van der Waals surface area contributed by atoms with Crippen molar-refractivity contribution in [3.8, 4) is 34.1 Å². The van der Waals surface area contributed by atoms with Gasteiger partial charge in [-0.1, -0.05) is 0 Å². The summed E-state index contributed by atoms with van der Waals surface area (Å²) in [5, 5.41) is 0. The zero-order valence-electron chi connectivity index (χ0n) is 11.9. The Morgan fingerprint density at radius 3 is 1.81 bits per heavy atom. The summed E-state index contributed by atoms with van der Waals surface area (Å²) in [6, 6.07) is 15.4. The molecule has 0 saturated carbocycles. The highest BCUT2D eigenvalue weighted by Crippen LogP contribution is 2.32. The van der Waals surface area contributed by atoms with E-state index in [-0.39, 0.29) is 0 Å². The summed E-state index contributed by atoms with van der Waals surface area (Å²) in [6.07, 6.45) is 1.46. The lowest BCUT2D eigenvalue weighted by atomic mass is 10.1. The fourth-order valence-electron chi connectivity index (χ4n) is 2.15. The van der Waals surface area contributed by atoms with Crippen LogP contribution in [0.3, 0.4) is 0 Å². The standard InChI is InChI=1S/C17H15NO3/c1-19-14-7-3-12(4-8-14)16-17(21-11-18-16)13-5-9-15(20-2)10-6-13/h3-11H,1-2H3. The van der Waals surface area contributed by atoms with Gasteiger partial charge >= 0.3 is 0 Å². The number of benzene rings is 2. The lowest BCUT2D eigenvalue weighted by molar-refractivity contribution is 0.414. The fraction of sp³-hybridized carbons (Fsp3) is 0.118. The van der Waals surface area contributed by atoms with Gasteiger partial charge in [-0.2, -0.15) is 0 Å². The highest BCUT2D eigenvalue weighted by atomic mass is 16.5. The van der Waals surface area contributed by atoms with E-state index >= 15 is 0 Å². The van der Waals surface area contributed by atoms with Crippen LogP contribution in [0.2, 0.25) is 0 Å². The SMILES string of the molecule is COc1ccc(-c2ncoc2-c2ccc(OC)cc2)cc1. The van der Waals surface area contributed by atoms with Gasteiger partial charge in [0, 0.05) is 11.1 Å². The molecule has 0 saturated heterocycles. The summed E-state index contributed by atoms with van der Waals surface area (Å²) in [7, 11) is 3.29. The van der Waals surface area contributed by atoms with Crippen molar-refractivity contribution in [3.63, 3.8) is 0 Å². The second-order valence-corrected chi connectivity index (χ2v) is 4.49. The Balaban J connectivity index is 1.99. The largest absolute Gasteiger partial charge is 0.497 e. The van der Waals surface area contributed by atoms with E-state index in [1.54, 1.807) is 14.2 Å². The molecule has 0 radical (unpaired) electrons. The van der Waals surface area contributed by atoms with Crippen molar-refractivity contribution >= 4 is 0 Å². The van der Waals surface area contributed by atoms with E-state index in [9.17, 15) is 0 Å². The van der Waals surface area contributed by atoms with Gasteiger partial charge in [-0.05, 0) is 48.5 Å². The predicted molar refractivity (Wildman–Crippen MR) is 80.5 cm³/mol. The Morgan fingerprint density at radius 1 is 0.762 bits per heavy atom. The molecule has 0 spiro atoms. The maximum absolute atomic E-state index is 5.55. The Kier molecular flexibility index (Phi) is 3.60. The molecule has 0 amide bonds. The summed E-state index contributed by atoms with van der Waals surface area (Å²) in [6.45, 7) is 0. The van der Waals surface area contributed by atoms with E-state index in [1.165, 1.54) is 6.39 Å². The third kappa shape index (κ3) is 2.60. The molecule has 4 heteroatoms. The van der Waals surface area contributed by atoms with Crippen LogP contribution in [0.4, 0.5) is 0 Å². The highest BCUT2D eigenvalue weighted by molar-refractivity contribution is 5.76. The number of aromatic nitrogens is 1. The Bertz CT molecular complexity index is 653. The van der Waals surface area contributed by atoms with Crippen LogP contribution >= 0.6 is 0 Å². The van der Waals surface area contributed by atoms with E-state index in [4.69, 9.17) is 13.9 Å². The van der Waals surface area contributed by atoms with Crippen LogP contribution in [0, 0.1) is 0 Å². The van der Waals surface area contributed by atoms with Crippen molar-refractivity contribution in [1.82, 2.24) is 4.98 Å². The third-order valence-corrected chi connectivity index (χ3v) is 3.28. The molecule has 2 aromatic carbocycles. The quantitative estimate of drug-likeness (QED) is 0.724. The Labute approximate surface area is 123 Å². The van der Waals surface area contributed by atoms with Crippen molar-refractivity contribution in [2.75, 3.05) is 14.2 Å². The molecule has 106 valence electrons. The second kappa shape index (κ2) is 5.71. The second-order valence-electron chi connectivity index (χ2n) is 4.49. The van der Waals surface area contributed by atoms with Gasteiger partial charge in [-0.15, -0.1) is 0 Å². The topological polar surface area (TPSA) is 44.5 Å². The summed E-state index contributed by atoms with van der Waals surface area (Å²) in [5.41, 5.74) is 2.75. The maximum Gasteiger partial charge on any atom is 0.182 e. The molecule has 0 fully saturated rings. The number of hydrogen-bond acceptors (Lipinski definition) is 4. The first kappa shape index (κ1) is 13.2. The minimum Gasteiger partial charge on any atom is -0.497 e. The maximum atomic E-state index is 5.55. The number of hydrogen-bond donors (Lipinski definition) is 0. The zero-order chi connectivity index (χ0) is 14.7. The molecule has 0 atom stereocenters. The highest BCUT2D eigenvalue weighted by Gasteiger charge is 2.13. The van der Waals surface area contributed by atoms with Gasteiger partial charge in [-0.3, -0.25) is 0 Å². The molecule has 0 aliphatic carbocycles. The molecule has 1 aromatic heterocycles. The third-order valence-electron chi connectivity index (χ3n) is 3.28. The molecule has 0 unspecified atom stereocenters. The molecule has 4 nitrogen and oxygen atoms in total. The van der Waals surface area contributed by atoms with Gasteiger partial charge in [-0.25, -0.2) is 4.98 Å². The molecule has 0 aliphatic heterocycles. The van der Waals surface area contributed by atoms with Crippen LogP contribution in [-0.4, -0.2) is 19.2 Å². The molecule has 3 rings (SSSR count). The average Bonchev–Trinajstić information content (AvgIpc) is 3.04. The number of methoxy groups -OCH3 is 2. The van der Waals surface area contributed by atoms with Crippen molar-refractivity contribution in [2.24, 2.45) is 0 Å². The number of rotatable bonds is 4. The lowest BCUT2D eigenvalue weighted by Crippen LogP contribution is -1.86. The van der Waals surface area contributed by atoms with Crippen molar-refractivity contribution < 1.29 is 13.9 Å². The Morgan fingerprint density at radius 2 is 1.29 bits per heavy atom. The van der Waals surface area contributed by atoms with Crippen molar-refractivity contribution in [3.05, 3.63) is 54.9 Å². The van der Waals surface area contributed by atoms with Gasteiger partial charge in [0.15, 0.2) is 12.2 Å². The van der Waals surface area contributed by atoms with Gasteiger partial charge < -0.3 is 13.9 Å². The van der Waals surface area contributed by atoms with Crippen LogP contribution < -0.4 is 9.47 Å². The van der Waals surface area contributed by atoms with Crippen LogP contribution in [0.25, 0.3) is 22.6 Å². The normalized spacial score (nSPS) is 10.4.